The summed E-state index contributed by atoms with van der Waals surface area (Å²) in [5, 5.41) is 0. The summed E-state index contributed by atoms with van der Waals surface area (Å²) in [6.45, 7) is 2.95. The van der Waals surface area contributed by atoms with Gasteiger partial charge in [0, 0.05) is 31.4 Å². The smallest absolute Gasteiger partial charge is 0.133 e. The summed E-state index contributed by atoms with van der Waals surface area (Å²) in [4.78, 5) is 7.04. The zero-order chi connectivity index (χ0) is 11.7. The Balaban J connectivity index is 1.78. The van der Waals surface area contributed by atoms with E-state index < -0.39 is 0 Å². The summed E-state index contributed by atoms with van der Waals surface area (Å²) < 4.78 is 0. The van der Waals surface area contributed by atoms with Crippen molar-refractivity contribution in [2.24, 2.45) is 17.6 Å². The molecule has 3 heteroatoms. The van der Waals surface area contributed by atoms with Crippen LogP contribution in [0.15, 0.2) is 18.3 Å². The maximum Gasteiger partial charge on any atom is 0.133 e. The van der Waals surface area contributed by atoms with E-state index in [9.17, 15) is 0 Å². The topological polar surface area (TPSA) is 42.1 Å². The first-order valence-corrected chi connectivity index (χ1v) is 6.75. The van der Waals surface area contributed by atoms with Gasteiger partial charge in [-0.15, -0.1) is 0 Å². The van der Waals surface area contributed by atoms with E-state index in [1.165, 1.54) is 44.3 Å². The summed E-state index contributed by atoms with van der Waals surface area (Å²) in [7, 11) is 0. The molecule has 0 bridgehead atoms. The first-order chi connectivity index (χ1) is 8.36. The van der Waals surface area contributed by atoms with Crippen molar-refractivity contribution in [3.8, 4) is 0 Å². The number of aromatic nitrogens is 1. The predicted octanol–water partition coefficient (Wildman–Crippen LogP) is 2.17. The van der Waals surface area contributed by atoms with Crippen molar-refractivity contribution >= 4 is 5.82 Å². The minimum atomic E-state index is 0.592. The molecule has 1 aromatic heterocycles. The first kappa shape index (κ1) is 11.0. The normalized spacial score (nSPS) is 19.4. The second-order valence-electron chi connectivity index (χ2n) is 5.48. The van der Waals surface area contributed by atoms with Crippen LogP contribution in [0.1, 0.15) is 31.2 Å². The Labute approximate surface area is 103 Å². The third kappa shape index (κ3) is 2.78. The molecule has 2 N–H and O–H groups in total. The molecule has 1 heterocycles. The number of rotatable bonds is 6. The van der Waals surface area contributed by atoms with Crippen molar-refractivity contribution < 1.29 is 0 Å². The van der Waals surface area contributed by atoms with Gasteiger partial charge in [-0.2, -0.15) is 0 Å². The van der Waals surface area contributed by atoms with Crippen LogP contribution in [0.4, 0.5) is 5.82 Å². The van der Waals surface area contributed by atoms with Crippen LogP contribution in [0.25, 0.3) is 0 Å². The molecule has 3 nitrogen and oxygen atoms in total. The molecule has 3 rings (SSSR count). The van der Waals surface area contributed by atoms with Gasteiger partial charge in [0.15, 0.2) is 0 Å². The molecule has 0 saturated heterocycles. The first-order valence-electron chi connectivity index (χ1n) is 6.75. The Morgan fingerprint density at radius 3 is 2.35 bits per heavy atom. The predicted molar refractivity (Wildman–Crippen MR) is 69.8 cm³/mol. The molecule has 0 unspecified atom stereocenters. The largest absolute Gasteiger partial charge is 0.356 e. The van der Waals surface area contributed by atoms with Gasteiger partial charge >= 0.3 is 0 Å². The minimum absolute atomic E-state index is 0.592. The third-order valence-corrected chi connectivity index (χ3v) is 3.74. The van der Waals surface area contributed by atoms with Gasteiger partial charge in [0.25, 0.3) is 0 Å². The fourth-order valence-electron chi connectivity index (χ4n) is 2.35. The fourth-order valence-corrected chi connectivity index (χ4v) is 2.35. The van der Waals surface area contributed by atoms with E-state index in [4.69, 9.17) is 5.73 Å². The van der Waals surface area contributed by atoms with E-state index in [2.05, 4.69) is 16.0 Å². The second-order valence-corrected chi connectivity index (χ2v) is 5.48. The number of nitrogens with zero attached hydrogens (tertiary/aromatic N) is 2. The average Bonchev–Trinajstić information content (AvgIpc) is 3.23. The summed E-state index contributed by atoms with van der Waals surface area (Å²) in [5.74, 6) is 2.94. The van der Waals surface area contributed by atoms with Crippen LogP contribution in [0.2, 0.25) is 0 Å². The molecular formula is C14H21N3. The Kier molecular flexibility index (Phi) is 3.02. The zero-order valence-electron chi connectivity index (χ0n) is 10.3. The van der Waals surface area contributed by atoms with Crippen LogP contribution in [0.5, 0.6) is 0 Å². The van der Waals surface area contributed by atoms with Gasteiger partial charge < -0.3 is 10.6 Å². The van der Waals surface area contributed by atoms with Gasteiger partial charge in [0.1, 0.15) is 5.82 Å². The van der Waals surface area contributed by atoms with E-state index in [0.29, 0.717) is 6.54 Å². The lowest BCUT2D eigenvalue weighted by atomic mass is 10.2. The maximum atomic E-state index is 5.81. The molecule has 2 saturated carbocycles. The Morgan fingerprint density at radius 2 is 1.82 bits per heavy atom. The molecule has 1 aromatic rings. The summed E-state index contributed by atoms with van der Waals surface area (Å²) in [6.07, 6.45) is 7.47. The standard InChI is InChI=1S/C14H21N3/c15-8-13-2-1-7-16-14(13)17(9-11-3-4-11)10-12-5-6-12/h1-2,7,11-12H,3-6,8-10,15H2. The molecule has 2 aliphatic rings. The van der Waals surface area contributed by atoms with Crippen molar-refractivity contribution in [2.75, 3.05) is 18.0 Å². The Morgan fingerprint density at radius 1 is 1.18 bits per heavy atom. The van der Waals surface area contributed by atoms with Crippen LogP contribution >= 0.6 is 0 Å². The van der Waals surface area contributed by atoms with Crippen molar-refractivity contribution in [3.05, 3.63) is 23.9 Å². The van der Waals surface area contributed by atoms with Crippen LogP contribution in [0.3, 0.4) is 0 Å². The lowest BCUT2D eigenvalue weighted by Gasteiger charge is -2.25. The van der Waals surface area contributed by atoms with Crippen molar-refractivity contribution in [1.82, 2.24) is 4.98 Å². The lowest BCUT2D eigenvalue weighted by Crippen LogP contribution is -2.30. The molecule has 0 radical (unpaired) electrons. The molecular weight excluding hydrogens is 210 g/mol. The second kappa shape index (κ2) is 4.65. The number of nitrogens with two attached hydrogens (primary N) is 1. The van der Waals surface area contributed by atoms with E-state index in [-0.39, 0.29) is 0 Å². The van der Waals surface area contributed by atoms with Crippen molar-refractivity contribution in [1.29, 1.82) is 0 Å². The highest BCUT2D eigenvalue weighted by Gasteiger charge is 2.30. The fraction of sp³-hybridized carbons (Fsp3) is 0.643. The molecule has 92 valence electrons. The molecule has 0 amide bonds. The minimum Gasteiger partial charge on any atom is -0.356 e. The Bertz CT molecular complexity index is 369. The third-order valence-electron chi connectivity index (χ3n) is 3.74. The average molecular weight is 231 g/mol. The van der Waals surface area contributed by atoms with E-state index in [1.54, 1.807) is 0 Å². The molecule has 17 heavy (non-hydrogen) atoms. The Hall–Kier alpha value is -1.09. The SMILES string of the molecule is NCc1cccnc1N(CC1CC1)CC1CC1. The van der Waals surface area contributed by atoms with Crippen LogP contribution < -0.4 is 10.6 Å². The number of pyridine rings is 1. The highest BCUT2D eigenvalue weighted by atomic mass is 15.2. The molecule has 0 aliphatic heterocycles. The van der Waals surface area contributed by atoms with Crippen LogP contribution in [0, 0.1) is 11.8 Å². The maximum absolute atomic E-state index is 5.81. The molecule has 0 aromatic carbocycles. The highest BCUT2D eigenvalue weighted by molar-refractivity contribution is 5.47. The van der Waals surface area contributed by atoms with E-state index in [1.807, 2.05) is 12.3 Å². The van der Waals surface area contributed by atoms with Crippen molar-refractivity contribution in [3.63, 3.8) is 0 Å². The van der Waals surface area contributed by atoms with Gasteiger partial charge in [0.2, 0.25) is 0 Å². The summed E-state index contributed by atoms with van der Waals surface area (Å²) in [6, 6.07) is 4.09. The van der Waals surface area contributed by atoms with E-state index >= 15 is 0 Å². The summed E-state index contributed by atoms with van der Waals surface area (Å²) >= 11 is 0. The van der Waals surface area contributed by atoms with Gasteiger partial charge in [-0.25, -0.2) is 4.98 Å². The van der Waals surface area contributed by atoms with Gasteiger partial charge in [-0.05, 0) is 43.6 Å². The molecule has 2 fully saturated rings. The quantitative estimate of drug-likeness (QED) is 0.816. The van der Waals surface area contributed by atoms with E-state index in [0.717, 1.165) is 17.7 Å². The number of hydrogen-bond acceptors (Lipinski definition) is 3. The van der Waals surface area contributed by atoms with Gasteiger partial charge in [0.05, 0.1) is 0 Å². The van der Waals surface area contributed by atoms with Crippen LogP contribution in [-0.2, 0) is 6.54 Å². The van der Waals surface area contributed by atoms with Crippen LogP contribution in [-0.4, -0.2) is 18.1 Å². The summed E-state index contributed by atoms with van der Waals surface area (Å²) in [5.41, 5.74) is 7.00. The molecule has 0 atom stereocenters. The molecule has 0 spiro atoms. The lowest BCUT2D eigenvalue weighted by molar-refractivity contribution is 0.667. The monoisotopic (exact) mass is 231 g/mol. The number of hydrogen-bond donors (Lipinski definition) is 1. The van der Waals surface area contributed by atoms with Gasteiger partial charge in [-0.3, -0.25) is 0 Å². The highest BCUT2D eigenvalue weighted by Crippen LogP contribution is 2.35. The van der Waals surface area contributed by atoms with Crippen molar-refractivity contribution in [2.45, 2.75) is 32.2 Å². The van der Waals surface area contributed by atoms with Gasteiger partial charge in [-0.1, -0.05) is 6.07 Å². The number of anilines is 1. The zero-order valence-corrected chi connectivity index (χ0v) is 10.3. The molecule has 2 aliphatic carbocycles.